The average Bonchev–Trinajstić information content (AvgIpc) is 2.49. The lowest BCUT2D eigenvalue weighted by molar-refractivity contribution is 0.670. The second-order valence-corrected chi connectivity index (χ2v) is 6.80. The molecule has 0 radical (unpaired) electrons. The predicted octanol–water partition coefficient (Wildman–Crippen LogP) is 1.88. The van der Waals surface area contributed by atoms with E-state index in [2.05, 4.69) is 71.3 Å². The fourth-order valence-electron chi connectivity index (χ4n) is 2.20. The molecule has 1 atom stereocenters. The standard InChI is InChI=1S/C16H21N2P/c1-17-13-16(18-2)19(14-9-5-3-6-10-14)15-11-7-4-8-12-15/h3-12,16-18H,13H2,1-2H3. The summed E-state index contributed by atoms with van der Waals surface area (Å²) < 4.78 is 0. The van der Waals surface area contributed by atoms with Gasteiger partial charge in [0.2, 0.25) is 0 Å². The summed E-state index contributed by atoms with van der Waals surface area (Å²) in [5.74, 6) is 0.435. The van der Waals surface area contributed by atoms with E-state index < -0.39 is 7.92 Å². The highest BCUT2D eigenvalue weighted by Gasteiger charge is 2.22. The SMILES string of the molecule is CNCC(NC)P(c1ccccc1)c1ccccc1. The molecule has 0 aliphatic heterocycles. The molecule has 0 spiro atoms. The Morgan fingerprint density at radius 3 is 1.68 bits per heavy atom. The van der Waals surface area contributed by atoms with Crippen molar-refractivity contribution >= 4 is 18.5 Å². The van der Waals surface area contributed by atoms with Crippen LogP contribution < -0.4 is 21.2 Å². The van der Waals surface area contributed by atoms with Gasteiger partial charge in [-0.3, -0.25) is 0 Å². The molecule has 0 aliphatic rings. The molecule has 19 heavy (non-hydrogen) atoms. The summed E-state index contributed by atoms with van der Waals surface area (Å²) in [6, 6.07) is 21.6. The van der Waals surface area contributed by atoms with Gasteiger partial charge in [-0.25, -0.2) is 0 Å². The molecule has 2 N–H and O–H groups in total. The van der Waals surface area contributed by atoms with Gasteiger partial charge in [0.25, 0.3) is 0 Å². The molecule has 3 heteroatoms. The van der Waals surface area contributed by atoms with E-state index in [4.69, 9.17) is 0 Å². The second-order valence-electron chi connectivity index (χ2n) is 4.40. The van der Waals surface area contributed by atoms with E-state index >= 15 is 0 Å². The first-order valence-corrected chi connectivity index (χ1v) is 7.99. The lowest BCUT2D eigenvalue weighted by Gasteiger charge is -2.28. The third-order valence-electron chi connectivity index (χ3n) is 3.11. The molecule has 100 valence electrons. The number of rotatable bonds is 6. The Labute approximate surface area is 117 Å². The van der Waals surface area contributed by atoms with Crippen molar-refractivity contribution in [3.05, 3.63) is 60.7 Å². The van der Waals surface area contributed by atoms with Crippen LogP contribution in [0.25, 0.3) is 0 Å². The van der Waals surface area contributed by atoms with Crippen LogP contribution in [0, 0.1) is 0 Å². The first kappa shape index (κ1) is 14.2. The molecule has 0 fully saturated rings. The maximum absolute atomic E-state index is 3.47. The zero-order chi connectivity index (χ0) is 13.5. The molecule has 0 saturated heterocycles. The van der Waals surface area contributed by atoms with Crippen molar-refractivity contribution in [2.24, 2.45) is 0 Å². The van der Waals surface area contributed by atoms with Crippen LogP contribution >= 0.6 is 7.92 Å². The molecule has 2 aromatic carbocycles. The summed E-state index contributed by atoms with van der Waals surface area (Å²) in [6.07, 6.45) is 0. The Morgan fingerprint density at radius 1 is 0.842 bits per heavy atom. The van der Waals surface area contributed by atoms with Crippen LogP contribution in [0.4, 0.5) is 0 Å². The monoisotopic (exact) mass is 272 g/mol. The van der Waals surface area contributed by atoms with Crippen molar-refractivity contribution in [3.63, 3.8) is 0 Å². The van der Waals surface area contributed by atoms with Crippen molar-refractivity contribution in [1.29, 1.82) is 0 Å². The fourth-order valence-corrected chi connectivity index (χ4v) is 4.83. The molecule has 0 aliphatic carbocycles. The van der Waals surface area contributed by atoms with Gasteiger partial charge in [-0.05, 0) is 32.6 Å². The summed E-state index contributed by atoms with van der Waals surface area (Å²) in [4.78, 5) is 0. The molecule has 0 heterocycles. The first-order chi connectivity index (χ1) is 9.36. The van der Waals surface area contributed by atoms with Crippen molar-refractivity contribution in [2.75, 3.05) is 20.6 Å². The molecule has 2 nitrogen and oxygen atoms in total. The Hall–Kier alpha value is -1.21. The average molecular weight is 272 g/mol. The number of hydrogen-bond donors (Lipinski definition) is 2. The Morgan fingerprint density at radius 2 is 1.32 bits per heavy atom. The van der Waals surface area contributed by atoms with E-state index in [1.807, 2.05) is 14.1 Å². The highest BCUT2D eigenvalue weighted by atomic mass is 31.1. The van der Waals surface area contributed by atoms with Crippen LogP contribution in [0.15, 0.2) is 60.7 Å². The van der Waals surface area contributed by atoms with Gasteiger partial charge in [0.15, 0.2) is 0 Å². The van der Waals surface area contributed by atoms with E-state index in [0.29, 0.717) is 5.78 Å². The van der Waals surface area contributed by atoms with Crippen LogP contribution in [-0.2, 0) is 0 Å². The zero-order valence-corrected chi connectivity index (χ0v) is 12.4. The number of hydrogen-bond acceptors (Lipinski definition) is 2. The highest BCUT2D eigenvalue weighted by molar-refractivity contribution is 7.73. The summed E-state index contributed by atoms with van der Waals surface area (Å²) in [6.45, 7) is 0.964. The van der Waals surface area contributed by atoms with Crippen molar-refractivity contribution in [1.82, 2.24) is 10.6 Å². The van der Waals surface area contributed by atoms with Crippen molar-refractivity contribution in [2.45, 2.75) is 5.78 Å². The van der Waals surface area contributed by atoms with Crippen molar-refractivity contribution < 1.29 is 0 Å². The van der Waals surface area contributed by atoms with Gasteiger partial charge >= 0.3 is 0 Å². The van der Waals surface area contributed by atoms with Crippen LogP contribution in [0.3, 0.4) is 0 Å². The van der Waals surface area contributed by atoms with Gasteiger partial charge in [0, 0.05) is 12.3 Å². The van der Waals surface area contributed by atoms with E-state index in [1.54, 1.807) is 0 Å². The van der Waals surface area contributed by atoms with Gasteiger partial charge in [0.05, 0.1) is 0 Å². The molecule has 2 aromatic rings. The molecule has 0 amide bonds. The summed E-state index contributed by atoms with van der Waals surface area (Å²) in [5.41, 5.74) is 0. The molecule has 0 aromatic heterocycles. The van der Waals surface area contributed by atoms with Gasteiger partial charge in [-0.1, -0.05) is 60.7 Å². The predicted molar refractivity (Wildman–Crippen MR) is 85.8 cm³/mol. The Bertz CT molecular complexity index is 433. The third kappa shape index (κ3) is 3.63. The minimum absolute atomic E-state index is 0.394. The minimum Gasteiger partial charge on any atom is -0.318 e. The normalized spacial score (nSPS) is 12.6. The maximum Gasteiger partial charge on any atom is 0.0474 e. The van der Waals surface area contributed by atoms with E-state index in [9.17, 15) is 0 Å². The van der Waals surface area contributed by atoms with Crippen LogP contribution in [0.5, 0.6) is 0 Å². The van der Waals surface area contributed by atoms with Crippen LogP contribution in [-0.4, -0.2) is 26.4 Å². The summed E-state index contributed by atoms with van der Waals surface area (Å²) in [7, 11) is 3.66. The number of benzene rings is 2. The smallest absolute Gasteiger partial charge is 0.0474 e. The minimum atomic E-state index is -0.394. The fraction of sp³-hybridized carbons (Fsp3) is 0.250. The van der Waals surface area contributed by atoms with Crippen LogP contribution in [0.1, 0.15) is 0 Å². The Kier molecular flexibility index (Phi) is 5.53. The number of likely N-dealkylation sites (N-methyl/N-ethyl adjacent to an activating group) is 2. The molecule has 2 rings (SSSR count). The van der Waals surface area contributed by atoms with E-state index in [-0.39, 0.29) is 0 Å². The molecule has 0 saturated carbocycles. The first-order valence-electron chi connectivity index (χ1n) is 6.58. The van der Waals surface area contributed by atoms with Gasteiger partial charge in [-0.2, -0.15) is 0 Å². The highest BCUT2D eigenvalue weighted by Crippen LogP contribution is 2.37. The van der Waals surface area contributed by atoms with Gasteiger partial charge in [-0.15, -0.1) is 0 Å². The molecular weight excluding hydrogens is 251 g/mol. The maximum atomic E-state index is 3.47. The second kappa shape index (κ2) is 7.40. The molecule has 1 unspecified atom stereocenters. The van der Waals surface area contributed by atoms with Crippen LogP contribution in [0.2, 0.25) is 0 Å². The van der Waals surface area contributed by atoms with Gasteiger partial charge in [0.1, 0.15) is 0 Å². The largest absolute Gasteiger partial charge is 0.318 e. The zero-order valence-electron chi connectivity index (χ0n) is 11.5. The van der Waals surface area contributed by atoms with E-state index in [1.165, 1.54) is 10.6 Å². The van der Waals surface area contributed by atoms with Gasteiger partial charge < -0.3 is 10.6 Å². The summed E-state index contributed by atoms with van der Waals surface area (Å²) >= 11 is 0. The number of nitrogens with one attached hydrogen (secondary N) is 2. The van der Waals surface area contributed by atoms with E-state index in [0.717, 1.165) is 6.54 Å². The molecular formula is C16H21N2P. The Balaban J connectivity index is 2.38. The lowest BCUT2D eigenvalue weighted by Crippen LogP contribution is -2.38. The molecule has 0 bridgehead atoms. The third-order valence-corrected chi connectivity index (χ3v) is 5.88. The van der Waals surface area contributed by atoms with Crippen molar-refractivity contribution in [3.8, 4) is 0 Å². The lowest BCUT2D eigenvalue weighted by atomic mass is 10.4. The summed E-state index contributed by atoms with van der Waals surface area (Å²) in [5, 5.41) is 9.59. The quantitative estimate of drug-likeness (QED) is 0.785. The topological polar surface area (TPSA) is 24.1 Å².